The molecule has 1 N–H and O–H groups in total. The van der Waals surface area contributed by atoms with Crippen molar-refractivity contribution in [3.63, 3.8) is 0 Å². The van der Waals surface area contributed by atoms with Crippen LogP contribution in [0, 0.1) is 46.9 Å². The van der Waals surface area contributed by atoms with E-state index in [2.05, 4.69) is 44.5 Å². The van der Waals surface area contributed by atoms with Gasteiger partial charge >= 0.3 is 0 Å². The molecule has 5 heteroatoms. The first kappa shape index (κ1) is 27.7. The number of aliphatic hydroxyl groups is 1. The predicted octanol–water partition coefficient (Wildman–Crippen LogP) is 5.61. The van der Waals surface area contributed by atoms with Gasteiger partial charge in [-0.25, -0.2) is 0 Å². The third kappa shape index (κ3) is 7.37. The second-order valence-corrected chi connectivity index (χ2v) is 11.6. The van der Waals surface area contributed by atoms with E-state index in [-0.39, 0.29) is 42.7 Å². The molecular weight excluding hydrogens is 452 g/mol. The zero-order chi connectivity index (χ0) is 25.4. The zero-order valence-electron chi connectivity index (χ0n) is 22.6. The average molecular weight is 499 g/mol. The first-order valence-electron chi connectivity index (χ1n) is 14.3. The lowest BCUT2D eigenvalue weighted by molar-refractivity contribution is -0.194. The van der Waals surface area contributed by atoms with Crippen molar-refractivity contribution in [3.05, 3.63) is 11.6 Å². The second kappa shape index (κ2) is 13.5. The smallest absolute Gasteiger partial charge is 0.159 e. The van der Waals surface area contributed by atoms with Crippen LogP contribution < -0.4 is 0 Å². The van der Waals surface area contributed by atoms with Crippen molar-refractivity contribution in [3.8, 4) is 23.7 Å². The highest BCUT2D eigenvalue weighted by Gasteiger charge is 2.48. The lowest BCUT2D eigenvalue weighted by atomic mass is 9.82. The molecule has 36 heavy (non-hydrogen) atoms. The van der Waals surface area contributed by atoms with Crippen LogP contribution in [0.1, 0.15) is 91.4 Å². The van der Waals surface area contributed by atoms with E-state index < -0.39 is 0 Å². The summed E-state index contributed by atoms with van der Waals surface area (Å²) in [7, 11) is 0. The van der Waals surface area contributed by atoms with Gasteiger partial charge in [-0.05, 0) is 69.6 Å². The summed E-state index contributed by atoms with van der Waals surface area (Å²) in [4.78, 5) is 0. The Hall–Kier alpha value is -1.34. The zero-order valence-corrected chi connectivity index (χ0v) is 22.6. The van der Waals surface area contributed by atoms with Gasteiger partial charge in [0.2, 0.25) is 0 Å². The fourth-order valence-electron chi connectivity index (χ4n) is 6.15. The Morgan fingerprint density at radius 1 is 1.06 bits per heavy atom. The summed E-state index contributed by atoms with van der Waals surface area (Å²) in [6.07, 6.45) is 12.6. The van der Waals surface area contributed by atoms with Crippen molar-refractivity contribution in [2.24, 2.45) is 23.2 Å². The van der Waals surface area contributed by atoms with Crippen LogP contribution >= 0.6 is 0 Å². The highest BCUT2D eigenvalue weighted by molar-refractivity contribution is 5.23. The molecule has 4 rings (SSSR count). The molecule has 0 aromatic heterocycles. The van der Waals surface area contributed by atoms with E-state index in [1.54, 1.807) is 0 Å². The number of hydrogen-bond acceptors (Lipinski definition) is 5. The molecule has 4 fully saturated rings. The summed E-state index contributed by atoms with van der Waals surface area (Å²) < 4.78 is 25.0. The second-order valence-electron chi connectivity index (χ2n) is 11.6. The standard InChI is InChI=1S/C31H46O5/c1-4-5-8-16-31(2,3)28(36-30-12-7-10-19-34-30)14-13-25-26-21-23(15-17-32)20-24(26)22-27(25)35-29-11-6-9-18-33-29/h15,24-30,32H,4,6-7,9-12,16-22H2,1-3H3/b23-15-/t24-,25+,26-,27+,28+,29?,30?/m0/s1. The van der Waals surface area contributed by atoms with Gasteiger partial charge in [0.1, 0.15) is 6.10 Å². The lowest BCUT2D eigenvalue weighted by Crippen LogP contribution is -2.37. The fraction of sp³-hybridized carbons (Fsp3) is 0.806. The molecule has 2 heterocycles. The monoisotopic (exact) mass is 498 g/mol. The molecule has 0 spiro atoms. The molecule has 2 saturated heterocycles. The maximum Gasteiger partial charge on any atom is 0.159 e. The van der Waals surface area contributed by atoms with Crippen LogP contribution in [0.3, 0.4) is 0 Å². The molecule has 2 aliphatic heterocycles. The van der Waals surface area contributed by atoms with Crippen LogP contribution in [0.2, 0.25) is 0 Å². The number of aliphatic hydroxyl groups excluding tert-OH is 1. The Bertz CT molecular complexity index is 844. The molecule has 0 bridgehead atoms. The Labute approximate surface area is 218 Å². The van der Waals surface area contributed by atoms with Gasteiger partial charge in [-0.1, -0.05) is 44.3 Å². The summed E-state index contributed by atoms with van der Waals surface area (Å²) >= 11 is 0. The van der Waals surface area contributed by atoms with Crippen LogP contribution in [-0.4, -0.2) is 49.7 Å². The van der Waals surface area contributed by atoms with Crippen LogP contribution in [0.15, 0.2) is 11.6 Å². The van der Waals surface area contributed by atoms with Crippen molar-refractivity contribution in [2.75, 3.05) is 19.8 Å². The maximum atomic E-state index is 9.45. The topological polar surface area (TPSA) is 57.2 Å². The molecule has 0 amide bonds. The number of rotatable bonds is 7. The van der Waals surface area contributed by atoms with Gasteiger partial charge in [0, 0.05) is 31.5 Å². The van der Waals surface area contributed by atoms with Gasteiger partial charge in [0.05, 0.1) is 18.6 Å². The van der Waals surface area contributed by atoms with E-state index in [0.717, 1.165) is 83.8 Å². The molecule has 2 aliphatic carbocycles. The SMILES string of the molecule is CCC#CCC(C)(C)[C@@H](C#C[C@@H]1[C@H]2C/C(=C\CO)C[C@H]2C[C@H]1OC1CCCCO1)OC1CCCCO1. The molecular formula is C31H46O5. The molecule has 0 aromatic rings. The fourth-order valence-corrected chi connectivity index (χ4v) is 6.15. The first-order chi connectivity index (χ1) is 17.5. The molecule has 7 atom stereocenters. The third-order valence-electron chi connectivity index (χ3n) is 8.23. The van der Waals surface area contributed by atoms with Crippen LogP contribution in [-0.2, 0) is 18.9 Å². The number of ether oxygens (including phenoxy) is 4. The summed E-state index contributed by atoms with van der Waals surface area (Å²) in [6, 6.07) is 0. The summed E-state index contributed by atoms with van der Waals surface area (Å²) in [5.41, 5.74) is 1.15. The maximum absolute atomic E-state index is 9.45. The molecule has 5 nitrogen and oxygen atoms in total. The summed E-state index contributed by atoms with van der Waals surface area (Å²) in [5, 5.41) is 9.45. The predicted molar refractivity (Wildman–Crippen MR) is 141 cm³/mol. The van der Waals surface area contributed by atoms with Gasteiger partial charge in [-0.3, -0.25) is 0 Å². The van der Waals surface area contributed by atoms with E-state index >= 15 is 0 Å². The van der Waals surface area contributed by atoms with Gasteiger partial charge in [0.15, 0.2) is 12.6 Å². The van der Waals surface area contributed by atoms with Gasteiger partial charge < -0.3 is 24.1 Å². The normalized spacial score (nSPS) is 34.4. The van der Waals surface area contributed by atoms with Gasteiger partial charge in [-0.2, -0.15) is 0 Å². The van der Waals surface area contributed by atoms with Crippen molar-refractivity contribution >= 4 is 0 Å². The Morgan fingerprint density at radius 3 is 2.47 bits per heavy atom. The molecule has 2 unspecified atom stereocenters. The Balaban J connectivity index is 1.55. The van der Waals surface area contributed by atoms with Crippen LogP contribution in [0.5, 0.6) is 0 Å². The number of hydrogen-bond donors (Lipinski definition) is 1. The minimum Gasteiger partial charge on any atom is -0.392 e. The van der Waals surface area contributed by atoms with Crippen molar-refractivity contribution in [1.29, 1.82) is 0 Å². The molecule has 4 aliphatic rings. The van der Waals surface area contributed by atoms with Crippen LogP contribution in [0.4, 0.5) is 0 Å². The quantitative estimate of drug-likeness (QED) is 0.365. The largest absolute Gasteiger partial charge is 0.392 e. The van der Waals surface area contributed by atoms with E-state index in [0.29, 0.717) is 11.8 Å². The molecule has 2 saturated carbocycles. The average Bonchev–Trinajstić information content (AvgIpc) is 3.40. The lowest BCUT2D eigenvalue weighted by Gasteiger charge is -2.34. The van der Waals surface area contributed by atoms with E-state index in [1.165, 1.54) is 5.57 Å². The molecule has 0 radical (unpaired) electrons. The van der Waals surface area contributed by atoms with Crippen molar-refractivity contribution in [1.82, 2.24) is 0 Å². The Morgan fingerprint density at radius 2 is 1.81 bits per heavy atom. The molecule has 200 valence electrons. The highest BCUT2D eigenvalue weighted by atomic mass is 16.7. The van der Waals surface area contributed by atoms with Gasteiger partial charge in [0.25, 0.3) is 0 Å². The van der Waals surface area contributed by atoms with Gasteiger partial charge in [-0.15, -0.1) is 11.8 Å². The van der Waals surface area contributed by atoms with E-state index in [1.807, 2.05) is 6.08 Å². The first-order valence-corrected chi connectivity index (χ1v) is 14.3. The minimum absolute atomic E-state index is 0.0841. The van der Waals surface area contributed by atoms with E-state index in [9.17, 15) is 5.11 Å². The summed E-state index contributed by atoms with van der Waals surface area (Å²) in [5.74, 6) is 15.0. The minimum atomic E-state index is -0.258. The van der Waals surface area contributed by atoms with Crippen molar-refractivity contribution in [2.45, 2.75) is 116 Å². The summed E-state index contributed by atoms with van der Waals surface area (Å²) in [6.45, 7) is 8.15. The third-order valence-corrected chi connectivity index (χ3v) is 8.23. The number of fused-ring (bicyclic) bond motifs is 1. The van der Waals surface area contributed by atoms with Crippen molar-refractivity contribution < 1.29 is 24.1 Å². The van der Waals surface area contributed by atoms with E-state index in [4.69, 9.17) is 18.9 Å². The highest BCUT2D eigenvalue weighted by Crippen LogP contribution is 2.51. The Kier molecular flexibility index (Phi) is 10.3. The molecule has 0 aromatic carbocycles. The van der Waals surface area contributed by atoms with Crippen LogP contribution in [0.25, 0.3) is 0 Å². The number of allylic oxidation sites excluding steroid dienone is 1.